The zero-order chi connectivity index (χ0) is 21.3. The number of nitrogens with one attached hydrogen (secondary N) is 4. The Labute approximate surface area is 196 Å². The van der Waals surface area contributed by atoms with Crippen LogP contribution in [0, 0.1) is 5.92 Å². The van der Waals surface area contributed by atoms with Gasteiger partial charge in [0.2, 0.25) is 5.91 Å². The topological polar surface area (TPSA) is 104 Å². The van der Waals surface area contributed by atoms with Gasteiger partial charge in [-0.3, -0.25) is 9.79 Å². The number of carbonyl (C=O) groups is 2. The molecule has 1 aliphatic rings. The second-order valence-corrected chi connectivity index (χ2v) is 8.10. The third-order valence-corrected chi connectivity index (χ3v) is 4.44. The van der Waals surface area contributed by atoms with E-state index in [-0.39, 0.29) is 35.8 Å². The molecule has 0 aromatic heterocycles. The zero-order valence-corrected chi connectivity index (χ0v) is 20.5. The summed E-state index contributed by atoms with van der Waals surface area (Å²) < 4.78 is 5.19. The van der Waals surface area contributed by atoms with E-state index in [4.69, 9.17) is 4.74 Å². The average molecular weight is 531 g/mol. The molecule has 168 valence electrons. The molecular formula is C21H34IN5O3. The van der Waals surface area contributed by atoms with Crippen LogP contribution in [0.5, 0.6) is 0 Å². The molecule has 1 aromatic rings. The van der Waals surface area contributed by atoms with Crippen LogP contribution in [-0.4, -0.2) is 43.7 Å². The Morgan fingerprint density at radius 3 is 2.43 bits per heavy atom. The number of nitrogens with zero attached hydrogens (tertiary/aromatic N) is 1. The molecule has 8 nitrogen and oxygen atoms in total. The van der Waals surface area contributed by atoms with Crippen molar-refractivity contribution in [3.63, 3.8) is 0 Å². The molecule has 4 N–H and O–H groups in total. The van der Waals surface area contributed by atoms with E-state index in [9.17, 15) is 9.59 Å². The van der Waals surface area contributed by atoms with Crippen molar-refractivity contribution in [1.29, 1.82) is 0 Å². The third-order valence-electron chi connectivity index (χ3n) is 4.44. The molecule has 1 fully saturated rings. The van der Waals surface area contributed by atoms with Gasteiger partial charge in [-0.15, -0.1) is 24.0 Å². The molecule has 0 bridgehead atoms. The summed E-state index contributed by atoms with van der Waals surface area (Å²) in [6.45, 7) is 6.96. The second-order valence-electron chi connectivity index (χ2n) is 8.10. The van der Waals surface area contributed by atoms with Crippen LogP contribution in [0.3, 0.4) is 0 Å². The molecule has 0 heterocycles. The van der Waals surface area contributed by atoms with Gasteiger partial charge in [-0.05, 0) is 51.3 Å². The predicted molar refractivity (Wildman–Crippen MR) is 130 cm³/mol. The maximum Gasteiger partial charge on any atom is 0.407 e. The Morgan fingerprint density at radius 1 is 1.13 bits per heavy atom. The van der Waals surface area contributed by atoms with Crippen LogP contribution in [0.2, 0.25) is 0 Å². The minimum Gasteiger partial charge on any atom is -0.444 e. The van der Waals surface area contributed by atoms with E-state index in [1.165, 1.54) is 0 Å². The molecule has 0 unspecified atom stereocenters. The van der Waals surface area contributed by atoms with Crippen LogP contribution in [0.1, 0.15) is 45.6 Å². The highest BCUT2D eigenvalue weighted by Crippen LogP contribution is 2.27. The van der Waals surface area contributed by atoms with Gasteiger partial charge in [-0.1, -0.05) is 18.6 Å². The molecule has 0 aliphatic heterocycles. The maximum atomic E-state index is 12.1. The lowest BCUT2D eigenvalue weighted by Crippen LogP contribution is -2.42. The number of hydrogen-bond acceptors (Lipinski definition) is 4. The van der Waals surface area contributed by atoms with Gasteiger partial charge in [0.25, 0.3) is 0 Å². The molecular weight excluding hydrogens is 497 g/mol. The normalized spacial score (nSPS) is 14.1. The average Bonchev–Trinajstić information content (AvgIpc) is 2.58. The minimum atomic E-state index is -0.513. The number of rotatable bonds is 7. The Balaban J connectivity index is 0.00000450. The molecule has 0 spiro atoms. The van der Waals surface area contributed by atoms with Gasteiger partial charge in [-0.2, -0.15) is 0 Å². The third kappa shape index (κ3) is 9.64. The first-order valence-corrected chi connectivity index (χ1v) is 10.1. The molecule has 2 amide bonds. The van der Waals surface area contributed by atoms with Gasteiger partial charge in [0.05, 0.1) is 0 Å². The summed E-state index contributed by atoms with van der Waals surface area (Å²) in [5, 5.41) is 12.0. The molecule has 0 saturated heterocycles. The van der Waals surface area contributed by atoms with E-state index in [0.29, 0.717) is 25.6 Å². The number of carbonyl (C=O) groups excluding carboxylic acids is 2. The van der Waals surface area contributed by atoms with E-state index in [1.807, 2.05) is 45.0 Å². The maximum absolute atomic E-state index is 12.1. The van der Waals surface area contributed by atoms with Gasteiger partial charge in [0, 0.05) is 38.3 Å². The molecule has 2 rings (SSSR count). The Morgan fingerprint density at radius 2 is 1.83 bits per heavy atom. The van der Waals surface area contributed by atoms with E-state index in [1.54, 1.807) is 7.05 Å². The van der Waals surface area contributed by atoms with Crippen LogP contribution in [-0.2, 0) is 16.1 Å². The first-order chi connectivity index (χ1) is 13.8. The minimum absolute atomic E-state index is 0. The number of ether oxygens (including phenoxy) is 1. The fraction of sp³-hybridized carbons (Fsp3) is 0.571. The summed E-state index contributed by atoms with van der Waals surface area (Å²) in [6, 6.07) is 7.77. The molecule has 9 heteroatoms. The zero-order valence-electron chi connectivity index (χ0n) is 18.2. The number of aliphatic imine (C=N–C) groups is 1. The van der Waals surface area contributed by atoms with Gasteiger partial charge >= 0.3 is 6.09 Å². The van der Waals surface area contributed by atoms with E-state index in [0.717, 1.165) is 30.5 Å². The van der Waals surface area contributed by atoms with Gasteiger partial charge in [-0.25, -0.2) is 4.79 Å². The number of halogens is 1. The lowest BCUT2D eigenvalue weighted by atomic mass is 9.85. The van der Waals surface area contributed by atoms with Crippen molar-refractivity contribution in [2.24, 2.45) is 10.9 Å². The van der Waals surface area contributed by atoms with E-state index >= 15 is 0 Å². The smallest absolute Gasteiger partial charge is 0.407 e. The van der Waals surface area contributed by atoms with Gasteiger partial charge in [0.15, 0.2) is 5.96 Å². The standard InChI is InChI=1S/C21H33N5O3.HI/c1-21(2,3)29-20(28)24-12-11-23-19(22-4)25-14-15-7-5-10-17(13-15)26-18(27)16-8-6-9-16;/h5,7,10,13,16H,6,8-9,11-12,14H2,1-4H3,(H,24,28)(H,26,27)(H2,22,23,25);1H. The van der Waals surface area contributed by atoms with Crippen molar-refractivity contribution in [2.45, 2.75) is 52.2 Å². The van der Waals surface area contributed by atoms with Crippen molar-refractivity contribution in [3.8, 4) is 0 Å². The quantitative estimate of drug-likeness (QED) is 0.187. The highest BCUT2D eigenvalue weighted by molar-refractivity contribution is 14.0. The summed E-state index contributed by atoms with van der Waals surface area (Å²) in [7, 11) is 1.69. The number of anilines is 1. The SMILES string of the molecule is CN=C(NCCNC(=O)OC(C)(C)C)NCc1cccc(NC(=O)C2CCC2)c1.I. The van der Waals surface area contributed by atoms with Crippen LogP contribution >= 0.6 is 24.0 Å². The van der Waals surface area contributed by atoms with Crippen LogP contribution in [0.4, 0.5) is 10.5 Å². The van der Waals surface area contributed by atoms with Crippen LogP contribution in [0.15, 0.2) is 29.3 Å². The fourth-order valence-electron chi connectivity index (χ4n) is 2.74. The van der Waals surface area contributed by atoms with Crippen molar-refractivity contribution in [3.05, 3.63) is 29.8 Å². The largest absolute Gasteiger partial charge is 0.444 e. The molecule has 1 saturated carbocycles. The summed E-state index contributed by atoms with van der Waals surface area (Å²) in [6.07, 6.45) is 2.67. The fourth-order valence-corrected chi connectivity index (χ4v) is 2.74. The Kier molecular flexibility index (Phi) is 10.9. The number of guanidine groups is 1. The highest BCUT2D eigenvalue weighted by atomic mass is 127. The predicted octanol–water partition coefficient (Wildman–Crippen LogP) is 3.23. The molecule has 1 aromatic carbocycles. The summed E-state index contributed by atoms with van der Waals surface area (Å²) in [5.74, 6) is 0.894. The lowest BCUT2D eigenvalue weighted by molar-refractivity contribution is -0.122. The van der Waals surface area contributed by atoms with E-state index < -0.39 is 11.7 Å². The molecule has 0 radical (unpaired) electrons. The molecule has 0 atom stereocenters. The van der Waals surface area contributed by atoms with Crippen LogP contribution < -0.4 is 21.3 Å². The Hall–Kier alpha value is -2.04. The number of benzene rings is 1. The molecule has 1 aliphatic carbocycles. The number of alkyl carbamates (subject to hydrolysis) is 1. The monoisotopic (exact) mass is 531 g/mol. The second kappa shape index (κ2) is 12.6. The summed E-state index contributed by atoms with van der Waals surface area (Å²) >= 11 is 0. The number of amides is 2. The van der Waals surface area contributed by atoms with Gasteiger partial charge in [0.1, 0.15) is 5.60 Å². The van der Waals surface area contributed by atoms with Crippen molar-refractivity contribution < 1.29 is 14.3 Å². The molecule has 30 heavy (non-hydrogen) atoms. The first-order valence-electron chi connectivity index (χ1n) is 10.1. The Bertz CT molecular complexity index is 730. The summed E-state index contributed by atoms with van der Waals surface area (Å²) in [5.41, 5.74) is 1.33. The van der Waals surface area contributed by atoms with Gasteiger partial charge < -0.3 is 26.0 Å². The van der Waals surface area contributed by atoms with Crippen LogP contribution in [0.25, 0.3) is 0 Å². The summed E-state index contributed by atoms with van der Waals surface area (Å²) in [4.78, 5) is 27.9. The number of hydrogen-bond donors (Lipinski definition) is 4. The van der Waals surface area contributed by atoms with Crippen molar-refractivity contribution in [2.75, 3.05) is 25.5 Å². The first kappa shape index (κ1) is 26.0. The lowest BCUT2D eigenvalue weighted by Gasteiger charge is -2.24. The van der Waals surface area contributed by atoms with Crippen molar-refractivity contribution >= 4 is 47.6 Å². The van der Waals surface area contributed by atoms with Crippen molar-refractivity contribution in [1.82, 2.24) is 16.0 Å². The highest BCUT2D eigenvalue weighted by Gasteiger charge is 2.25. The van der Waals surface area contributed by atoms with E-state index in [2.05, 4.69) is 26.3 Å².